The molecule has 0 heterocycles. The van der Waals surface area contributed by atoms with Gasteiger partial charge < -0.3 is 5.11 Å². The highest BCUT2D eigenvalue weighted by molar-refractivity contribution is 5.68. The van der Waals surface area contributed by atoms with E-state index in [1.54, 1.807) is 0 Å². The molecular weight excluding hydrogens is 200 g/mol. The minimum Gasteiger partial charge on any atom is -0.481 e. The first-order valence-electron chi connectivity index (χ1n) is 5.77. The number of carboxylic acids is 1. The molecule has 0 saturated carbocycles. The third kappa shape index (κ3) is 3.37. The molecule has 0 spiro atoms. The molecule has 0 aromatic heterocycles. The smallest absolute Gasteiger partial charge is 0.304 e. The predicted molar refractivity (Wildman–Crippen MR) is 65.7 cm³/mol. The lowest BCUT2D eigenvalue weighted by Gasteiger charge is -2.23. The van der Waals surface area contributed by atoms with Crippen molar-refractivity contribution in [1.29, 1.82) is 0 Å². The number of carboxylic acid groups (broad SMARTS) is 1. The fourth-order valence-electron chi connectivity index (χ4n) is 1.89. The van der Waals surface area contributed by atoms with E-state index in [0.717, 1.165) is 18.4 Å². The molecule has 88 valence electrons. The zero-order valence-electron chi connectivity index (χ0n) is 10.3. The van der Waals surface area contributed by atoms with Crippen molar-refractivity contribution >= 4 is 5.97 Å². The Kier molecular flexibility index (Phi) is 4.11. The molecule has 1 aromatic rings. The Bertz CT molecular complexity index is 350. The second-order valence-electron chi connectivity index (χ2n) is 4.90. The Morgan fingerprint density at radius 3 is 2.25 bits per heavy atom. The molecule has 0 radical (unpaired) electrons. The average Bonchev–Trinajstić information content (AvgIpc) is 2.17. The Labute approximate surface area is 97.3 Å². The summed E-state index contributed by atoms with van der Waals surface area (Å²) in [6, 6.07) is 8.30. The minimum absolute atomic E-state index is 0.167. The van der Waals surface area contributed by atoms with Gasteiger partial charge in [0.05, 0.1) is 6.42 Å². The quantitative estimate of drug-likeness (QED) is 0.825. The van der Waals surface area contributed by atoms with Crippen molar-refractivity contribution < 1.29 is 9.90 Å². The van der Waals surface area contributed by atoms with Gasteiger partial charge in [-0.3, -0.25) is 4.79 Å². The fraction of sp³-hybridized carbons (Fsp3) is 0.500. The number of rotatable bonds is 5. The predicted octanol–water partition coefficient (Wildman–Crippen LogP) is 3.39. The summed E-state index contributed by atoms with van der Waals surface area (Å²) >= 11 is 0. The molecule has 1 rings (SSSR count). The maximum atomic E-state index is 10.8. The van der Waals surface area contributed by atoms with E-state index in [1.165, 1.54) is 5.56 Å². The Morgan fingerprint density at radius 1 is 1.25 bits per heavy atom. The molecule has 16 heavy (non-hydrogen) atoms. The van der Waals surface area contributed by atoms with Gasteiger partial charge in [0.1, 0.15) is 0 Å². The van der Waals surface area contributed by atoms with Gasteiger partial charge in [-0.2, -0.15) is 0 Å². The summed E-state index contributed by atoms with van der Waals surface area (Å²) < 4.78 is 0. The number of aliphatic carboxylic acids is 1. The van der Waals surface area contributed by atoms with Gasteiger partial charge in [-0.25, -0.2) is 0 Å². The number of aryl methyl sites for hydroxylation is 1. The summed E-state index contributed by atoms with van der Waals surface area (Å²) in [5.74, 6) is -0.748. The zero-order chi connectivity index (χ0) is 12.2. The van der Waals surface area contributed by atoms with Crippen molar-refractivity contribution in [1.82, 2.24) is 0 Å². The molecule has 1 aromatic carbocycles. The molecule has 0 aliphatic carbocycles. The van der Waals surface area contributed by atoms with E-state index in [1.807, 2.05) is 26.0 Å². The molecule has 1 N–H and O–H groups in total. The summed E-state index contributed by atoms with van der Waals surface area (Å²) in [5.41, 5.74) is 2.11. The van der Waals surface area contributed by atoms with Crippen LogP contribution in [-0.2, 0) is 16.6 Å². The van der Waals surface area contributed by atoms with E-state index in [4.69, 9.17) is 5.11 Å². The zero-order valence-corrected chi connectivity index (χ0v) is 10.3. The van der Waals surface area contributed by atoms with Crippen molar-refractivity contribution in [2.45, 2.75) is 45.4 Å². The van der Waals surface area contributed by atoms with Gasteiger partial charge in [0.25, 0.3) is 0 Å². The van der Waals surface area contributed by atoms with Gasteiger partial charge in [-0.15, -0.1) is 0 Å². The molecule has 0 aliphatic rings. The van der Waals surface area contributed by atoms with Crippen LogP contribution in [-0.4, -0.2) is 11.1 Å². The summed E-state index contributed by atoms with van der Waals surface area (Å²) in [5, 5.41) is 8.85. The molecule has 0 aliphatic heterocycles. The fourth-order valence-corrected chi connectivity index (χ4v) is 1.89. The lowest BCUT2D eigenvalue weighted by Crippen LogP contribution is -2.21. The lowest BCUT2D eigenvalue weighted by molar-refractivity contribution is -0.138. The van der Waals surface area contributed by atoms with Gasteiger partial charge in [-0.05, 0) is 17.5 Å². The first-order valence-corrected chi connectivity index (χ1v) is 5.77. The largest absolute Gasteiger partial charge is 0.481 e. The first-order chi connectivity index (χ1) is 7.45. The van der Waals surface area contributed by atoms with E-state index in [-0.39, 0.29) is 11.8 Å². The summed E-state index contributed by atoms with van der Waals surface area (Å²) in [6.45, 7) is 6.09. The van der Waals surface area contributed by atoms with Crippen molar-refractivity contribution in [3.63, 3.8) is 0 Å². The average molecular weight is 220 g/mol. The van der Waals surface area contributed by atoms with Gasteiger partial charge in [-0.1, -0.05) is 51.5 Å². The van der Waals surface area contributed by atoms with Gasteiger partial charge in [0.15, 0.2) is 0 Å². The second kappa shape index (κ2) is 5.15. The maximum absolute atomic E-state index is 10.8. The van der Waals surface area contributed by atoms with E-state index in [2.05, 4.69) is 19.1 Å². The minimum atomic E-state index is -0.748. The van der Waals surface area contributed by atoms with Crippen LogP contribution in [0.25, 0.3) is 0 Å². The molecule has 0 fully saturated rings. The normalized spacial score (nSPS) is 11.4. The van der Waals surface area contributed by atoms with Gasteiger partial charge in [0, 0.05) is 5.41 Å². The van der Waals surface area contributed by atoms with Gasteiger partial charge in [0.2, 0.25) is 0 Å². The van der Waals surface area contributed by atoms with Crippen LogP contribution < -0.4 is 0 Å². The lowest BCUT2D eigenvalue weighted by atomic mass is 9.81. The molecule has 0 amide bonds. The highest BCUT2D eigenvalue weighted by Crippen LogP contribution is 2.27. The first kappa shape index (κ1) is 12.8. The SMILES string of the molecule is CCCc1ccc(C(C)(C)CC(=O)O)cc1. The highest BCUT2D eigenvalue weighted by atomic mass is 16.4. The molecular formula is C14H20O2. The van der Waals surface area contributed by atoms with E-state index < -0.39 is 5.97 Å². The summed E-state index contributed by atoms with van der Waals surface area (Å²) in [7, 11) is 0. The van der Waals surface area contributed by atoms with E-state index in [9.17, 15) is 4.79 Å². The van der Waals surface area contributed by atoms with Gasteiger partial charge >= 0.3 is 5.97 Å². The third-order valence-corrected chi connectivity index (χ3v) is 2.87. The number of benzene rings is 1. The van der Waals surface area contributed by atoms with Crippen LogP contribution in [0, 0.1) is 0 Å². The number of hydrogen-bond donors (Lipinski definition) is 1. The van der Waals surface area contributed by atoms with Crippen molar-refractivity contribution in [2.75, 3.05) is 0 Å². The van der Waals surface area contributed by atoms with Crippen molar-refractivity contribution in [3.8, 4) is 0 Å². The molecule has 2 heteroatoms. The van der Waals surface area contributed by atoms with Crippen molar-refractivity contribution in [2.24, 2.45) is 0 Å². The monoisotopic (exact) mass is 220 g/mol. The van der Waals surface area contributed by atoms with Crippen LogP contribution in [0.4, 0.5) is 0 Å². The van der Waals surface area contributed by atoms with Crippen LogP contribution in [0.15, 0.2) is 24.3 Å². The number of hydrogen-bond acceptors (Lipinski definition) is 1. The standard InChI is InChI=1S/C14H20O2/c1-4-5-11-6-8-12(9-7-11)14(2,3)10-13(15)16/h6-9H,4-5,10H2,1-3H3,(H,15,16). The number of carbonyl (C=O) groups is 1. The van der Waals surface area contributed by atoms with Crippen LogP contribution >= 0.6 is 0 Å². The van der Waals surface area contributed by atoms with E-state index >= 15 is 0 Å². The van der Waals surface area contributed by atoms with E-state index in [0.29, 0.717) is 0 Å². The Hall–Kier alpha value is -1.31. The van der Waals surface area contributed by atoms with Crippen LogP contribution in [0.3, 0.4) is 0 Å². The van der Waals surface area contributed by atoms with Crippen LogP contribution in [0.2, 0.25) is 0 Å². The topological polar surface area (TPSA) is 37.3 Å². The molecule has 0 atom stereocenters. The van der Waals surface area contributed by atoms with Crippen molar-refractivity contribution in [3.05, 3.63) is 35.4 Å². The Balaban J connectivity index is 2.83. The molecule has 0 saturated heterocycles. The maximum Gasteiger partial charge on any atom is 0.304 e. The summed E-state index contributed by atoms with van der Waals surface area (Å²) in [4.78, 5) is 10.8. The summed E-state index contributed by atoms with van der Waals surface area (Å²) in [6.07, 6.45) is 2.39. The molecule has 0 unspecified atom stereocenters. The Morgan fingerprint density at radius 2 is 1.81 bits per heavy atom. The van der Waals surface area contributed by atoms with Crippen LogP contribution in [0.1, 0.15) is 44.7 Å². The second-order valence-corrected chi connectivity index (χ2v) is 4.90. The highest BCUT2D eigenvalue weighted by Gasteiger charge is 2.23. The molecule has 0 bridgehead atoms. The molecule has 2 nitrogen and oxygen atoms in total. The third-order valence-electron chi connectivity index (χ3n) is 2.87. The van der Waals surface area contributed by atoms with Crippen LogP contribution in [0.5, 0.6) is 0 Å².